The molecule has 1 aromatic carbocycles. The minimum Gasteiger partial charge on any atom is -0.469 e. The number of pyridine rings is 1. The van der Waals surface area contributed by atoms with Gasteiger partial charge in [0, 0.05) is 17.3 Å². The van der Waals surface area contributed by atoms with E-state index in [9.17, 15) is 4.79 Å². The standard InChI is InChI=1S/C19H18N2O2/c1-13-5-4-6-14(9-13)7-8-15-10-16-17(22)21-12-19(2,3)23-18(16)20-11-15/h4-6,9-11H,12H2,1-3H3,(H,21,22). The van der Waals surface area contributed by atoms with E-state index in [-0.39, 0.29) is 5.91 Å². The van der Waals surface area contributed by atoms with Gasteiger partial charge in [0.05, 0.1) is 6.54 Å². The molecule has 1 aliphatic heterocycles. The maximum atomic E-state index is 12.2. The van der Waals surface area contributed by atoms with Gasteiger partial charge in [0.25, 0.3) is 5.91 Å². The topological polar surface area (TPSA) is 51.2 Å². The highest BCUT2D eigenvalue weighted by Crippen LogP contribution is 2.24. The van der Waals surface area contributed by atoms with Crippen molar-refractivity contribution in [3.63, 3.8) is 0 Å². The van der Waals surface area contributed by atoms with Gasteiger partial charge in [-0.1, -0.05) is 24.0 Å². The molecule has 1 amide bonds. The number of carbonyl (C=O) groups excluding carboxylic acids is 1. The van der Waals surface area contributed by atoms with Gasteiger partial charge in [-0.25, -0.2) is 4.98 Å². The first kappa shape index (κ1) is 15.1. The molecule has 0 atom stereocenters. The smallest absolute Gasteiger partial charge is 0.256 e. The van der Waals surface area contributed by atoms with E-state index < -0.39 is 5.60 Å². The normalized spacial score (nSPS) is 15.3. The van der Waals surface area contributed by atoms with E-state index in [1.165, 1.54) is 0 Å². The van der Waals surface area contributed by atoms with Crippen LogP contribution in [0.15, 0.2) is 36.5 Å². The number of aromatic nitrogens is 1. The van der Waals surface area contributed by atoms with Gasteiger partial charge in [-0.05, 0) is 44.5 Å². The second-order valence-corrected chi connectivity index (χ2v) is 6.24. The lowest BCUT2D eigenvalue weighted by Gasteiger charge is -2.23. The van der Waals surface area contributed by atoms with Crippen molar-refractivity contribution in [1.29, 1.82) is 0 Å². The lowest BCUT2D eigenvalue weighted by molar-refractivity contribution is 0.0899. The number of aryl methyl sites for hydroxylation is 1. The Bertz CT molecular complexity index is 829. The largest absolute Gasteiger partial charge is 0.469 e. The maximum absolute atomic E-state index is 12.2. The van der Waals surface area contributed by atoms with Crippen molar-refractivity contribution in [2.75, 3.05) is 6.54 Å². The van der Waals surface area contributed by atoms with Crippen molar-refractivity contribution in [1.82, 2.24) is 10.3 Å². The number of nitrogens with one attached hydrogen (secondary N) is 1. The van der Waals surface area contributed by atoms with E-state index in [2.05, 4.69) is 22.1 Å². The predicted molar refractivity (Wildman–Crippen MR) is 88.4 cm³/mol. The third-order valence-corrected chi connectivity index (χ3v) is 3.51. The average molecular weight is 306 g/mol. The molecule has 0 unspecified atom stereocenters. The first-order chi connectivity index (χ1) is 10.9. The molecule has 4 nitrogen and oxygen atoms in total. The predicted octanol–water partition coefficient (Wildman–Crippen LogP) is 2.69. The van der Waals surface area contributed by atoms with Crippen molar-refractivity contribution in [2.45, 2.75) is 26.4 Å². The summed E-state index contributed by atoms with van der Waals surface area (Å²) in [5, 5.41) is 2.85. The van der Waals surface area contributed by atoms with Crippen LogP contribution in [0, 0.1) is 18.8 Å². The van der Waals surface area contributed by atoms with Gasteiger partial charge in [0.1, 0.15) is 11.2 Å². The summed E-state index contributed by atoms with van der Waals surface area (Å²) in [7, 11) is 0. The molecule has 23 heavy (non-hydrogen) atoms. The molecule has 3 rings (SSSR count). The second-order valence-electron chi connectivity index (χ2n) is 6.24. The Morgan fingerprint density at radius 1 is 1.22 bits per heavy atom. The summed E-state index contributed by atoms with van der Waals surface area (Å²) in [6, 6.07) is 9.69. The Labute approximate surface area is 135 Å². The van der Waals surface area contributed by atoms with Crippen molar-refractivity contribution in [3.05, 3.63) is 58.8 Å². The molecule has 0 fully saturated rings. The number of ether oxygens (including phenoxy) is 1. The molecule has 116 valence electrons. The summed E-state index contributed by atoms with van der Waals surface area (Å²) < 4.78 is 5.81. The zero-order chi connectivity index (χ0) is 16.4. The summed E-state index contributed by atoms with van der Waals surface area (Å²) in [4.78, 5) is 16.5. The van der Waals surface area contributed by atoms with E-state index in [1.807, 2.05) is 45.0 Å². The van der Waals surface area contributed by atoms with E-state index >= 15 is 0 Å². The lowest BCUT2D eigenvalue weighted by Crippen LogP contribution is -2.39. The van der Waals surface area contributed by atoms with Crippen LogP contribution < -0.4 is 10.1 Å². The lowest BCUT2D eigenvalue weighted by atomic mass is 10.1. The SMILES string of the molecule is Cc1cccc(C#Cc2cnc3c(c2)C(=O)NCC(C)(C)O3)c1. The third-order valence-electron chi connectivity index (χ3n) is 3.51. The zero-order valence-corrected chi connectivity index (χ0v) is 13.4. The highest BCUT2D eigenvalue weighted by molar-refractivity contribution is 5.97. The average Bonchev–Trinajstić information content (AvgIpc) is 2.62. The molecule has 1 aromatic heterocycles. The molecule has 2 heterocycles. The van der Waals surface area contributed by atoms with E-state index in [0.29, 0.717) is 23.6 Å². The minimum absolute atomic E-state index is 0.183. The summed E-state index contributed by atoms with van der Waals surface area (Å²) >= 11 is 0. The van der Waals surface area contributed by atoms with Gasteiger partial charge in [0.2, 0.25) is 5.88 Å². The van der Waals surface area contributed by atoms with Crippen LogP contribution in [0.3, 0.4) is 0 Å². The first-order valence-electron chi connectivity index (χ1n) is 7.49. The van der Waals surface area contributed by atoms with Crippen molar-refractivity contribution in [3.8, 4) is 17.7 Å². The summed E-state index contributed by atoms with van der Waals surface area (Å²) in [6.07, 6.45) is 1.64. The van der Waals surface area contributed by atoms with Crippen molar-refractivity contribution < 1.29 is 9.53 Å². The molecule has 0 spiro atoms. The Morgan fingerprint density at radius 3 is 2.78 bits per heavy atom. The van der Waals surface area contributed by atoms with Crippen LogP contribution in [0.25, 0.3) is 0 Å². The molecule has 0 radical (unpaired) electrons. The number of hydrogen-bond acceptors (Lipinski definition) is 3. The summed E-state index contributed by atoms with van der Waals surface area (Å²) in [5.41, 5.74) is 2.71. The first-order valence-corrected chi connectivity index (χ1v) is 7.49. The fraction of sp³-hybridized carbons (Fsp3) is 0.263. The highest BCUT2D eigenvalue weighted by atomic mass is 16.5. The second kappa shape index (κ2) is 5.77. The monoisotopic (exact) mass is 306 g/mol. The molecule has 4 heteroatoms. The maximum Gasteiger partial charge on any atom is 0.256 e. The summed E-state index contributed by atoms with van der Waals surface area (Å²) in [6.45, 7) is 6.29. The molecule has 0 bridgehead atoms. The zero-order valence-electron chi connectivity index (χ0n) is 13.4. The Kier molecular flexibility index (Phi) is 3.79. The van der Waals surface area contributed by atoms with Crippen LogP contribution in [-0.4, -0.2) is 23.0 Å². The number of rotatable bonds is 0. The van der Waals surface area contributed by atoms with Gasteiger partial charge < -0.3 is 10.1 Å². The number of nitrogens with zero attached hydrogens (tertiary/aromatic N) is 1. The van der Waals surface area contributed by atoms with Gasteiger partial charge in [-0.2, -0.15) is 0 Å². The molecule has 1 aliphatic rings. The van der Waals surface area contributed by atoms with Gasteiger partial charge in [-0.15, -0.1) is 0 Å². The fourth-order valence-electron chi connectivity index (χ4n) is 2.32. The van der Waals surface area contributed by atoms with Gasteiger partial charge in [-0.3, -0.25) is 4.79 Å². The summed E-state index contributed by atoms with van der Waals surface area (Å²) in [5.74, 6) is 6.31. The molecular formula is C19H18N2O2. The van der Waals surface area contributed by atoms with Crippen LogP contribution >= 0.6 is 0 Å². The number of hydrogen-bond donors (Lipinski definition) is 1. The molecule has 1 N–H and O–H groups in total. The Hall–Kier alpha value is -2.80. The van der Waals surface area contributed by atoms with E-state index in [1.54, 1.807) is 12.3 Å². The Morgan fingerprint density at radius 2 is 2.00 bits per heavy atom. The number of benzene rings is 1. The van der Waals surface area contributed by atoms with Crippen LogP contribution in [0.2, 0.25) is 0 Å². The minimum atomic E-state index is -0.483. The number of amides is 1. The number of fused-ring (bicyclic) bond motifs is 1. The van der Waals surface area contributed by atoms with E-state index in [4.69, 9.17) is 4.74 Å². The quantitative estimate of drug-likeness (QED) is 0.761. The van der Waals surface area contributed by atoms with Crippen LogP contribution in [0.1, 0.15) is 40.9 Å². The molecule has 0 saturated carbocycles. The number of carbonyl (C=O) groups is 1. The fourth-order valence-corrected chi connectivity index (χ4v) is 2.32. The van der Waals surface area contributed by atoms with Crippen molar-refractivity contribution >= 4 is 5.91 Å². The van der Waals surface area contributed by atoms with Gasteiger partial charge >= 0.3 is 0 Å². The third kappa shape index (κ3) is 3.51. The van der Waals surface area contributed by atoms with Crippen LogP contribution in [0.5, 0.6) is 5.88 Å². The molecule has 0 aliphatic carbocycles. The van der Waals surface area contributed by atoms with Gasteiger partial charge in [0.15, 0.2) is 0 Å². The van der Waals surface area contributed by atoms with E-state index in [0.717, 1.165) is 11.1 Å². The molecular weight excluding hydrogens is 288 g/mol. The molecule has 0 saturated heterocycles. The van der Waals surface area contributed by atoms with Crippen molar-refractivity contribution in [2.24, 2.45) is 0 Å². The van der Waals surface area contributed by atoms with Crippen LogP contribution in [-0.2, 0) is 0 Å². The molecule has 2 aromatic rings. The van der Waals surface area contributed by atoms with Crippen LogP contribution in [0.4, 0.5) is 0 Å². The Balaban J connectivity index is 1.94. The highest BCUT2D eigenvalue weighted by Gasteiger charge is 2.29.